The van der Waals surface area contributed by atoms with Crippen molar-refractivity contribution in [1.29, 1.82) is 0 Å². The fraction of sp³-hybridized carbons (Fsp3) is 0.714. The first kappa shape index (κ1) is 15.9. The van der Waals surface area contributed by atoms with Crippen LogP contribution in [0.15, 0.2) is 12.4 Å². The van der Waals surface area contributed by atoms with Crippen LogP contribution in [-0.2, 0) is 11.3 Å². The van der Waals surface area contributed by atoms with E-state index in [4.69, 9.17) is 4.74 Å². The molecule has 19 heavy (non-hydrogen) atoms. The minimum Gasteiger partial charge on any atom is -0.377 e. The molecule has 1 heterocycles. The van der Waals surface area contributed by atoms with Crippen molar-refractivity contribution in [3.05, 3.63) is 18.1 Å². The summed E-state index contributed by atoms with van der Waals surface area (Å²) in [7, 11) is 2.00. The summed E-state index contributed by atoms with van der Waals surface area (Å²) in [6, 6.07) is 0. The molecule has 0 spiro atoms. The van der Waals surface area contributed by atoms with Gasteiger partial charge in [0.25, 0.3) is 0 Å². The van der Waals surface area contributed by atoms with E-state index < -0.39 is 0 Å². The molecular weight excluding hydrogens is 240 g/mol. The van der Waals surface area contributed by atoms with Crippen LogP contribution in [0, 0.1) is 0 Å². The molecule has 0 aliphatic rings. The van der Waals surface area contributed by atoms with Gasteiger partial charge in [0.1, 0.15) is 5.82 Å². The number of anilines is 1. The zero-order chi connectivity index (χ0) is 14.1. The minimum atomic E-state index is 0.270. The number of ether oxygens (including phenoxy) is 1. The van der Waals surface area contributed by atoms with E-state index in [0.29, 0.717) is 6.61 Å². The monoisotopic (exact) mass is 266 g/mol. The summed E-state index contributed by atoms with van der Waals surface area (Å²) in [5, 5.41) is 3.31. The van der Waals surface area contributed by atoms with Gasteiger partial charge in [-0.1, -0.05) is 6.92 Å². The number of hydrogen-bond acceptors (Lipinski definition) is 5. The van der Waals surface area contributed by atoms with E-state index in [2.05, 4.69) is 27.1 Å². The molecule has 1 rings (SSSR count). The van der Waals surface area contributed by atoms with Crippen LogP contribution < -0.4 is 10.2 Å². The molecule has 0 saturated heterocycles. The van der Waals surface area contributed by atoms with Gasteiger partial charge in [-0.15, -0.1) is 0 Å². The minimum absolute atomic E-state index is 0.270. The van der Waals surface area contributed by atoms with Crippen LogP contribution in [0.5, 0.6) is 0 Å². The van der Waals surface area contributed by atoms with Crippen LogP contribution in [0.1, 0.15) is 32.9 Å². The van der Waals surface area contributed by atoms with Gasteiger partial charge in [-0.25, -0.2) is 4.98 Å². The summed E-state index contributed by atoms with van der Waals surface area (Å²) in [6.07, 6.45) is 5.05. The van der Waals surface area contributed by atoms with Gasteiger partial charge in [0.05, 0.1) is 30.8 Å². The second-order valence-electron chi connectivity index (χ2n) is 4.88. The fourth-order valence-electron chi connectivity index (χ4n) is 1.57. The van der Waals surface area contributed by atoms with Crippen LogP contribution in [-0.4, -0.2) is 42.8 Å². The van der Waals surface area contributed by atoms with Crippen molar-refractivity contribution in [2.75, 3.05) is 31.6 Å². The Kier molecular flexibility index (Phi) is 7.36. The third-order valence-electron chi connectivity index (χ3n) is 2.69. The Bertz CT molecular complexity index is 340. The first-order chi connectivity index (χ1) is 9.13. The molecule has 0 unspecified atom stereocenters. The van der Waals surface area contributed by atoms with Crippen LogP contribution in [0.25, 0.3) is 0 Å². The normalized spacial score (nSPS) is 11.0. The summed E-state index contributed by atoms with van der Waals surface area (Å²) in [6.45, 7) is 9.54. The van der Waals surface area contributed by atoms with E-state index in [-0.39, 0.29) is 6.10 Å². The predicted octanol–water partition coefficient (Wildman–Crippen LogP) is 1.84. The highest BCUT2D eigenvalue weighted by atomic mass is 16.5. The summed E-state index contributed by atoms with van der Waals surface area (Å²) in [5.74, 6) is 0.881. The Balaban J connectivity index is 2.37. The Morgan fingerprint density at radius 2 is 2.11 bits per heavy atom. The number of hydrogen-bond donors (Lipinski definition) is 1. The van der Waals surface area contributed by atoms with Crippen molar-refractivity contribution in [1.82, 2.24) is 15.3 Å². The zero-order valence-corrected chi connectivity index (χ0v) is 12.5. The molecular formula is C14H26N4O. The molecule has 1 aromatic rings. The Morgan fingerprint density at radius 1 is 1.32 bits per heavy atom. The van der Waals surface area contributed by atoms with Gasteiger partial charge < -0.3 is 15.0 Å². The number of likely N-dealkylation sites (N-methyl/N-ethyl adjacent to an activating group) is 1. The lowest BCUT2D eigenvalue weighted by atomic mass is 10.4. The molecule has 108 valence electrons. The van der Waals surface area contributed by atoms with Crippen molar-refractivity contribution in [3.63, 3.8) is 0 Å². The first-order valence-electron chi connectivity index (χ1n) is 6.97. The molecule has 0 fully saturated rings. The lowest BCUT2D eigenvalue weighted by Gasteiger charge is -2.18. The third-order valence-corrected chi connectivity index (χ3v) is 2.69. The van der Waals surface area contributed by atoms with Gasteiger partial charge in [-0.2, -0.15) is 0 Å². The van der Waals surface area contributed by atoms with E-state index in [1.54, 1.807) is 0 Å². The van der Waals surface area contributed by atoms with Gasteiger partial charge in [0.15, 0.2) is 0 Å². The maximum Gasteiger partial charge on any atom is 0.146 e. The zero-order valence-electron chi connectivity index (χ0n) is 12.5. The second-order valence-corrected chi connectivity index (χ2v) is 4.88. The van der Waals surface area contributed by atoms with Crippen LogP contribution >= 0.6 is 0 Å². The average molecular weight is 266 g/mol. The third kappa shape index (κ3) is 6.50. The Labute approximate surface area is 116 Å². The number of aromatic nitrogens is 2. The topological polar surface area (TPSA) is 50.3 Å². The van der Waals surface area contributed by atoms with Crippen molar-refractivity contribution >= 4 is 5.82 Å². The SMILES string of the molecule is CCCNCc1cnc(N(C)CCOC(C)C)cn1. The van der Waals surface area contributed by atoms with Gasteiger partial charge >= 0.3 is 0 Å². The lowest BCUT2D eigenvalue weighted by Crippen LogP contribution is -2.25. The van der Waals surface area contributed by atoms with Crippen molar-refractivity contribution in [2.45, 2.75) is 39.8 Å². The van der Waals surface area contributed by atoms with E-state index in [9.17, 15) is 0 Å². The van der Waals surface area contributed by atoms with E-state index in [0.717, 1.165) is 37.6 Å². The van der Waals surface area contributed by atoms with Crippen LogP contribution in [0.2, 0.25) is 0 Å². The Hall–Kier alpha value is -1.20. The highest BCUT2D eigenvalue weighted by Crippen LogP contribution is 2.06. The van der Waals surface area contributed by atoms with Crippen molar-refractivity contribution < 1.29 is 4.74 Å². The summed E-state index contributed by atoms with van der Waals surface area (Å²) in [5.41, 5.74) is 0.976. The molecule has 0 atom stereocenters. The fourth-order valence-corrected chi connectivity index (χ4v) is 1.57. The maximum atomic E-state index is 5.52. The van der Waals surface area contributed by atoms with E-state index in [1.807, 2.05) is 33.3 Å². The molecule has 5 heteroatoms. The largest absolute Gasteiger partial charge is 0.377 e. The first-order valence-corrected chi connectivity index (χ1v) is 6.97. The standard InChI is InChI=1S/C14H26N4O/c1-5-6-15-9-13-10-17-14(11-16-13)18(4)7-8-19-12(2)3/h10-12,15H,5-9H2,1-4H3. The van der Waals surface area contributed by atoms with Gasteiger partial charge in [-0.05, 0) is 26.8 Å². The molecule has 1 N–H and O–H groups in total. The average Bonchev–Trinajstić information content (AvgIpc) is 2.39. The van der Waals surface area contributed by atoms with Crippen LogP contribution in [0.3, 0.4) is 0 Å². The number of rotatable bonds is 9. The van der Waals surface area contributed by atoms with Crippen molar-refractivity contribution in [2.24, 2.45) is 0 Å². The molecule has 0 aliphatic heterocycles. The number of nitrogens with zero attached hydrogens (tertiary/aromatic N) is 3. The molecule has 0 bridgehead atoms. The predicted molar refractivity (Wildman–Crippen MR) is 78.4 cm³/mol. The van der Waals surface area contributed by atoms with E-state index in [1.165, 1.54) is 0 Å². The maximum absolute atomic E-state index is 5.52. The van der Waals surface area contributed by atoms with Gasteiger partial charge in [0, 0.05) is 20.1 Å². The summed E-state index contributed by atoms with van der Waals surface area (Å²) < 4.78 is 5.52. The number of nitrogens with one attached hydrogen (secondary N) is 1. The van der Waals surface area contributed by atoms with Crippen LogP contribution in [0.4, 0.5) is 5.82 Å². The molecule has 0 aliphatic carbocycles. The van der Waals surface area contributed by atoms with Crippen molar-refractivity contribution in [3.8, 4) is 0 Å². The molecule has 0 amide bonds. The van der Waals surface area contributed by atoms with Gasteiger partial charge in [0.2, 0.25) is 0 Å². The lowest BCUT2D eigenvalue weighted by molar-refractivity contribution is 0.0845. The van der Waals surface area contributed by atoms with E-state index >= 15 is 0 Å². The molecule has 0 saturated carbocycles. The Morgan fingerprint density at radius 3 is 2.68 bits per heavy atom. The molecule has 1 aromatic heterocycles. The summed E-state index contributed by atoms with van der Waals surface area (Å²) in [4.78, 5) is 10.9. The smallest absolute Gasteiger partial charge is 0.146 e. The quantitative estimate of drug-likeness (QED) is 0.691. The molecule has 0 aromatic carbocycles. The van der Waals surface area contributed by atoms with Gasteiger partial charge in [-0.3, -0.25) is 4.98 Å². The second kappa shape index (κ2) is 8.82. The molecule has 5 nitrogen and oxygen atoms in total. The summed E-state index contributed by atoms with van der Waals surface area (Å²) >= 11 is 0. The highest BCUT2D eigenvalue weighted by Gasteiger charge is 2.04. The molecule has 0 radical (unpaired) electrons. The highest BCUT2D eigenvalue weighted by molar-refractivity contribution is 5.34.